The second-order valence-corrected chi connectivity index (χ2v) is 5.98. The minimum atomic E-state index is -0.445. The largest absolute Gasteiger partial charge is 0.451 e. The summed E-state index contributed by atoms with van der Waals surface area (Å²) in [4.78, 5) is 4.37. The second kappa shape index (κ2) is 6.00. The van der Waals surface area contributed by atoms with Gasteiger partial charge in [0.1, 0.15) is 5.76 Å². The van der Waals surface area contributed by atoms with E-state index in [0.717, 1.165) is 24.8 Å². The molecule has 4 rings (SSSR count). The maximum atomic E-state index is 6.20. The van der Waals surface area contributed by atoms with E-state index in [1.165, 1.54) is 0 Å². The number of halogens is 2. The first-order chi connectivity index (χ1) is 10.7. The van der Waals surface area contributed by atoms with Crippen molar-refractivity contribution in [1.82, 2.24) is 10.1 Å². The minimum Gasteiger partial charge on any atom is -0.451 e. The van der Waals surface area contributed by atoms with Gasteiger partial charge in [0.25, 0.3) is 5.89 Å². The Morgan fingerprint density at radius 2 is 1.83 bits per heavy atom. The molecule has 1 fully saturated rings. The number of benzene rings is 1. The third-order valence-electron chi connectivity index (χ3n) is 4.07. The Morgan fingerprint density at radius 1 is 1.09 bits per heavy atom. The second-order valence-electron chi connectivity index (χ2n) is 5.58. The number of furan rings is 1. The first kappa shape index (κ1) is 16.1. The first-order valence-electron chi connectivity index (χ1n) is 7.14. The summed E-state index contributed by atoms with van der Waals surface area (Å²) in [6, 6.07) is 11.1. The zero-order chi connectivity index (χ0) is 15.2. The molecule has 2 N–H and O–H groups in total. The molecular weight excluding hydrogens is 337 g/mol. The van der Waals surface area contributed by atoms with Gasteiger partial charge in [-0.1, -0.05) is 28.9 Å². The minimum absolute atomic E-state index is 0. The highest BCUT2D eigenvalue weighted by molar-refractivity contribution is 6.33. The lowest BCUT2D eigenvalue weighted by Crippen LogP contribution is -2.44. The van der Waals surface area contributed by atoms with Crippen molar-refractivity contribution in [2.75, 3.05) is 0 Å². The van der Waals surface area contributed by atoms with Gasteiger partial charge in [0.15, 0.2) is 11.6 Å². The van der Waals surface area contributed by atoms with Crippen molar-refractivity contribution in [2.45, 2.75) is 24.8 Å². The third kappa shape index (κ3) is 2.76. The average molecular weight is 352 g/mol. The Morgan fingerprint density at radius 3 is 2.52 bits per heavy atom. The molecule has 0 aliphatic heterocycles. The number of aromatic nitrogens is 2. The molecule has 1 aliphatic carbocycles. The highest BCUT2D eigenvalue weighted by Crippen LogP contribution is 2.38. The van der Waals surface area contributed by atoms with Crippen molar-refractivity contribution < 1.29 is 8.94 Å². The molecule has 1 aliphatic rings. The van der Waals surface area contributed by atoms with Crippen LogP contribution in [-0.4, -0.2) is 10.1 Å². The topological polar surface area (TPSA) is 78.1 Å². The van der Waals surface area contributed by atoms with E-state index in [1.807, 2.05) is 30.3 Å². The van der Waals surface area contributed by atoms with Crippen LogP contribution in [-0.2, 0) is 5.54 Å². The van der Waals surface area contributed by atoms with Crippen molar-refractivity contribution in [2.24, 2.45) is 5.73 Å². The molecule has 0 saturated heterocycles. The molecule has 0 radical (unpaired) electrons. The van der Waals surface area contributed by atoms with Gasteiger partial charge >= 0.3 is 0 Å². The van der Waals surface area contributed by atoms with Crippen LogP contribution in [0.4, 0.5) is 0 Å². The predicted octanol–water partition coefficient (Wildman–Crippen LogP) is 4.41. The molecule has 0 bridgehead atoms. The molecule has 23 heavy (non-hydrogen) atoms. The SMILES string of the molecule is Cl.NC1(c2noc(-c3ccc(-c4ccccc4Cl)o3)n2)CCC1. The lowest BCUT2D eigenvalue weighted by molar-refractivity contribution is 0.229. The van der Waals surface area contributed by atoms with E-state index in [4.69, 9.17) is 26.3 Å². The summed E-state index contributed by atoms with van der Waals surface area (Å²) >= 11 is 6.18. The molecule has 5 nitrogen and oxygen atoms in total. The first-order valence-corrected chi connectivity index (χ1v) is 7.52. The molecular formula is C16H15Cl2N3O2. The third-order valence-corrected chi connectivity index (χ3v) is 4.40. The Bertz CT molecular complexity index is 824. The number of hydrogen-bond acceptors (Lipinski definition) is 5. The van der Waals surface area contributed by atoms with E-state index >= 15 is 0 Å². The summed E-state index contributed by atoms with van der Waals surface area (Å²) < 4.78 is 11.1. The fourth-order valence-corrected chi connectivity index (χ4v) is 2.79. The Balaban J connectivity index is 0.00000156. The van der Waals surface area contributed by atoms with Gasteiger partial charge in [-0.05, 0) is 43.5 Å². The van der Waals surface area contributed by atoms with Crippen LogP contribution < -0.4 is 5.73 Å². The number of hydrogen-bond donors (Lipinski definition) is 1. The van der Waals surface area contributed by atoms with Crippen molar-refractivity contribution in [3.63, 3.8) is 0 Å². The van der Waals surface area contributed by atoms with E-state index in [0.29, 0.717) is 28.3 Å². The van der Waals surface area contributed by atoms with Crippen LogP contribution in [0.2, 0.25) is 5.02 Å². The fourth-order valence-electron chi connectivity index (χ4n) is 2.57. The molecule has 1 saturated carbocycles. The summed E-state index contributed by atoms with van der Waals surface area (Å²) in [7, 11) is 0. The van der Waals surface area contributed by atoms with Crippen LogP contribution in [0.1, 0.15) is 25.1 Å². The van der Waals surface area contributed by atoms with E-state index in [2.05, 4.69) is 10.1 Å². The van der Waals surface area contributed by atoms with Crippen LogP contribution in [0.25, 0.3) is 23.0 Å². The zero-order valence-corrected chi connectivity index (χ0v) is 13.7. The van der Waals surface area contributed by atoms with Crippen LogP contribution >= 0.6 is 24.0 Å². The monoisotopic (exact) mass is 351 g/mol. The summed E-state index contributed by atoms with van der Waals surface area (Å²) in [6.07, 6.45) is 2.86. The van der Waals surface area contributed by atoms with Crippen LogP contribution in [0.5, 0.6) is 0 Å². The molecule has 1 aromatic carbocycles. The number of rotatable bonds is 3. The van der Waals surface area contributed by atoms with Gasteiger partial charge in [-0.25, -0.2) is 0 Å². The Kier molecular flexibility index (Phi) is 4.19. The van der Waals surface area contributed by atoms with Crippen LogP contribution in [0.3, 0.4) is 0 Å². The fraction of sp³-hybridized carbons (Fsp3) is 0.250. The Hall–Kier alpha value is -1.82. The van der Waals surface area contributed by atoms with Crippen molar-refractivity contribution in [1.29, 1.82) is 0 Å². The number of nitrogens with zero attached hydrogens (tertiary/aromatic N) is 2. The molecule has 0 atom stereocenters. The van der Waals surface area contributed by atoms with Crippen LogP contribution in [0, 0.1) is 0 Å². The Labute approximate surface area is 144 Å². The van der Waals surface area contributed by atoms with Crippen molar-refractivity contribution in [3.05, 3.63) is 47.2 Å². The standard InChI is InChI=1S/C16H14ClN3O2.ClH/c17-11-5-2-1-4-10(11)12-6-7-13(21-12)14-19-15(20-22-14)16(18)8-3-9-16;/h1-2,4-7H,3,8-9,18H2;1H. The molecule has 7 heteroatoms. The molecule has 120 valence electrons. The van der Waals surface area contributed by atoms with E-state index in [-0.39, 0.29) is 12.4 Å². The molecule has 0 unspecified atom stereocenters. The molecule has 2 heterocycles. The lowest BCUT2D eigenvalue weighted by Gasteiger charge is -2.34. The number of nitrogens with two attached hydrogens (primary N) is 1. The smallest absolute Gasteiger partial charge is 0.293 e. The average Bonchev–Trinajstić information content (AvgIpc) is 3.14. The maximum Gasteiger partial charge on any atom is 0.293 e. The molecule has 0 amide bonds. The van der Waals surface area contributed by atoms with Gasteiger partial charge in [0.2, 0.25) is 0 Å². The van der Waals surface area contributed by atoms with Gasteiger partial charge in [0, 0.05) is 5.56 Å². The van der Waals surface area contributed by atoms with Gasteiger partial charge in [0.05, 0.1) is 10.6 Å². The zero-order valence-electron chi connectivity index (χ0n) is 12.2. The van der Waals surface area contributed by atoms with E-state index < -0.39 is 5.54 Å². The molecule has 3 aromatic rings. The predicted molar refractivity (Wildman–Crippen MR) is 89.4 cm³/mol. The van der Waals surface area contributed by atoms with Gasteiger partial charge in [-0.2, -0.15) is 4.98 Å². The van der Waals surface area contributed by atoms with Gasteiger partial charge < -0.3 is 14.7 Å². The summed E-state index contributed by atoms with van der Waals surface area (Å²) in [6.45, 7) is 0. The molecule has 2 aromatic heterocycles. The van der Waals surface area contributed by atoms with Crippen LogP contribution in [0.15, 0.2) is 45.3 Å². The lowest BCUT2D eigenvalue weighted by atomic mass is 9.77. The van der Waals surface area contributed by atoms with Gasteiger partial charge in [-0.15, -0.1) is 12.4 Å². The normalized spacial score (nSPS) is 15.7. The van der Waals surface area contributed by atoms with Crippen molar-refractivity contribution in [3.8, 4) is 23.0 Å². The maximum absolute atomic E-state index is 6.20. The van der Waals surface area contributed by atoms with E-state index in [9.17, 15) is 0 Å². The highest BCUT2D eigenvalue weighted by atomic mass is 35.5. The molecule has 0 spiro atoms. The summed E-state index contributed by atoms with van der Waals surface area (Å²) in [5.74, 6) is 2.05. The van der Waals surface area contributed by atoms with E-state index in [1.54, 1.807) is 6.07 Å². The van der Waals surface area contributed by atoms with Gasteiger partial charge in [-0.3, -0.25) is 0 Å². The summed E-state index contributed by atoms with van der Waals surface area (Å²) in [5.41, 5.74) is 6.58. The highest BCUT2D eigenvalue weighted by Gasteiger charge is 2.39. The van der Waals surface area contributed by atoms with Crippen molar-refractivity contribution >= 4 is 24.0 Å². The quantitative estimate of drug-likeness (QED) is 0.755. The summed E-state index contributed by atoms with van der Waals surface area (Å²) in [5, 5.41) is 4.62.